The maximum Gasteiger partial charge on any atom is 0.326 e. The molecular formula is C16H17NO3. The minimum absolute atomic E-state index is 0.189. The van der Waals surface area contributed by atoms with Gasteiger partial charge < -0.3 is 10.4 Å². The summed E-state index contributed by atoms with van der Waals surface area (Å²) in [6.45, 7) is 1.73. The average molecular weight is 271 g/mol. The monoisotopic (exact) mass is 271 g/mol. The van der Waals surface area contributed by atoms with E-state index in [0.717, 1.165) is 16.3 Å². The number of amides is 1. The third-order valence-electron chi connectivity index (χ3n) is 3.22. The molecule has 0 heterocycles. The molecule has 2 aromatic rings. The number of fused-ring (bicyclic) bond motifs is 1. The summed E-state index contributed by atoms with van der Waals surface area (Å²) in [5, 5.41) is 13.6. The van der Waals surface area contributed by atoms with Crippen LogP contribution in [0.15, 0.2) is 42.5 Å². The molecule has 0 saturated carbocycles. The van der Waals surface area contributed by atoms with Crippen molar-refractivity contribution in [1.29, 1.82) is 0 Å². The Balaban J connectivity index is 2.07. The zero-order valence-corrected chi connectivity index (χ0v) is 11.3. The minimum atomic E-state index is -1.00. The van der Waals surface area contributed by atoms with Crippen LogP contribution in [0.2, 0.25) is 0 Å². The van der Waals surface area contributed by atoms with E-state index in [9.17, 15) is 9.59 Å². The highest BCUT2D eigenvalue weighted by Gasteiger charge is 2.17. The number of nitrogens with one attached hydrogen (secondary N) is 1. The van der Waals surface area contributed by atoms with Crippen molar-refractivity contribution < 1.29 is 14.7 Å². The second-order valence-corrected chi connectivity index (χ2v) is 4.72. The normalized spacial score (nSPS) is 12.1. The average Bonchev–Trinajstić information content (AvgIpc) is 2.44. The number of aliphatic carboxylic acids is 1. The summed E-state index contributed by atoms with van der Waals surface area (Å²) in [5.74, 6) is -1.27. The molecule has 0 radical (unpaired) electrons. The Hall–Kier alpha value is -2.36. The first-order chi connectivity index (χ1) is 9.60. The van der Waals surface area contributed by atoms with Gasteiger partial charge in [0.15, 0.2) is 0 Å². The first-order valence-corrected chi connectivity index (χ1v) is 6.60. The zero-order chi connectivity index (χ0) is 14.5. The maximum atomic E-state index is 11.8. The van der Waals surface area contributed by atoms with E-state index < -0.39 is 12.0 Å². The molecule has 104 valence electrons. The molecule has 0 spiro atoms. The Morgan fingerprint density at radius 2 is 1.85 bits per heavy atom. The van der Waals surface area contributed by atoms with Gasteiger partial charge in [0.05, 0.1) is 6.42 Å². The van der Waals surface area contributed by atoms with E-state index in [1.165, 1.54) is 0 Å². The fourth-order valence-electron chi connectivity index (χ4n) is 2.12. The molecule has 0 aliphatic heterocycles. The molecule has 4 nitrogen and oxygen atoms in total. The summed E-state index contributed by atoms with van der Waals surface area (Å²) >= 11 is 0. The van der Waals surface area contributed by atoms with Gasteiger partial charge in [-0.2, -0.15) is 0 Å². The molecule has 1 atom stereocenters. The molecule has 0 fully saturated rings. The van der Waals surface area contributed by atoms with Crippen LogP contribution in [0.4, 0.5) is 0 Å². The summed E-state index contributed by atoms with van der Waals surface area (Å²) in [4.78, 5) is 22.7. The van der Waals surface area contributed by atoms with Crippen molar-refractivity contribution in [3.63, 3.8) is 0 Å². The van der Waals surface area contributed by atoms with Gasteiger partial charge in [-0.05, 0) is 22.8 Å². The molecule has 1 amide bonds. The largest absolute Gasteiger partial charge is 0.480 e. The smallest absolute Gasteiger partial charge is 0.326 e. The van der Waals surface area contributed by atoms with Crippen molar-refractivity contribution in [1.82, 2.24) is 5.32 Å². The van der Waals surface area contributed by atoms with Crippen LogP contribution in [0, 0.1) is 0 Å². The lowest BCUT2D eigenvalue weighted by Crippen LogP contribution is -2.40. The van der Waals surface area contributed by atoms with Gasteiger partial charge in [-0.15, -0.1) is 0 Å². The Labute approximate surface area is 117 Å². The molecule has 2 rings (SSSR count). The van der Waals surface area contributed by atoms with E-state index >= 15 is 0 Å². The Bertz CT molecular complexity index is 636. The first kappa shape index (κ1) is 14.1. The highest BCUT2D eigenvalue weighted by atomic mass is 16.4. The summed E-state index contributed by atoms with van der Waals surface area (Å²) in [5.41, 5.74) is 0.876. The van der Waals surface area contributed by atoms with Crippen LogP contribution in [-0.2, 0) is 16.0 Å². The highest BCUT2D eigenvalue weighted by Crippen LogP contribution is 2.15. The van der Waals surface area contributed by atoms with Gasteiger partial charge >= 0.3 is 5.97 Å². The Kier molecular flexibility index (Phi) is 4.35. The maximum absolute atomic E-state index is 11.8. The van der Waals surface area contributed by atoms with E-state index in [0.29, 0.717) is 6.42 Å². The highest BCUT2D eigenvalue weighted by molar-refractivity contribution is 5.87. The molecule has 2 aromatic carbocycles. The SMILES string of the molecule is CCC(NC(=O)Cc1ccc2ccccc2c1)C(=O)O. The lowest BCUT2D eigenvalue weighted by atomic mass is 10.0. The van der Waals surface area contributed by atoms with Gasteiger partial charge in [-0.3, -0.25) is 4.79 Å². The third-order valence-corrected chi connectivity index (χ3v) is 3.22. The van der Waals surface area contributed by atoms with Crippen molar-refractivity contribution in [3.05, 3.63) is 48.0 Å². The van der Waals surface area contributed by atoms with E-state index in [1.54, 1.807) is 6.92 Å². The van der Waals surface area contributed by atoms with Gasteiger partial charge in [0, 0.05) is 0 Å². The van der Waals surface area contributed by atoms with E-state index in [2.05, 4.69) is 5.32 Å². The van der Waals surface area contributed by atoms with Crippen molar-refractivity contribution in [2.75, 3.05) is 0 Å². The fourth-order valence-corrected chi connectivity index (χ4v) is 2.12. The summed E-state index contributed by atoms with van der Waals surface area (Å²) in [6.07, 6.45) is 0.563. The zero-order valence-electron chi connectivity index (χ0n) is 11.3. The molecule has 1 unspecified atom stereocenters. The first-order valence-electron chi connectivity index (χ1n) is 6.60. The number of benzene rings is 2. The number of carbonyl (C=O) groups is 2. The van der Waals surface area contributed by atoms with Gasteiger partial charge in [0.1, 0.15) is 6.04 Å². The van der Waals surface area contributed by atoms with E-state index in [4.69, 9.17) is 5.11 Å². The summed E-state index contributed by atoms with van der Waals surface area (Å²) in [7, 11) is 0. The predicted molar refractivity (Wildman–Crippen MR) is 77.5 cm³/mol. The molecule has 0 bridgehead atoms. The number of rotatable bonds is 5. The van der Waals surface area contributed by atoms with Gasteiger partial charge in [0.25, 0.3) is 0 Å². The van der Waals surface area contributed by atoms with E-state index in [1.807, 2.05) is 42.5 Å². The van der Waals surface area contributed by atoms with Crippen LogP contribution < -0.4 is 5.32 Å². The molecule has 0 saturated heterocycles. The van der Waals surface area contributed by atoms with Crippen molar-refractivity contribution in [2.45, 2.75) is 25.8 Å². The van der Waals surface area contributed by atoms with Gasteiger partial charge in [0.2, 0.25) is 5.91 Å². The second kappa shape index (κ2) is 6.19. The molecular weight excluding hydrogens is 254 g/mol. The topological polar surface area (TPSA) is 66.4 Å². The quantitative estimate of drug-likeness (QED) is 0.877. The number of hydrogen-bond donors (Lipinski definition) is 2. The third kappa shape index (κ3) is 3.35. The summed E-state index contributed by atoms with van der Waals surface area (Å²) < 4.78 is 0. The van der Waals surface area contributed by atoms with Crippen molar-refractivity contribution >= 4 is 22.6 Å². The van der Waals surface area contributed by atoms with Crippen LogP contribution >= 0.6 is 0 Å². The molecule has 4 heteroatoms. The number of hydrogen-bond acceptors (Lipinski definition) is 2. The van der Waals surface area contributed by atoms with Gasteiger partial charge in [-0.25, -0.2) is 4.79 Å². The number of carboxylic acid groups (broad SMARTS) is 1. The lowest BCUT2D eigenvalue weighted by Gasteiger charge is -2.12. The van der Waals surface area contributed by atoms with E-state index in [-0.39, 0.29) is 12.3 Å². The molecule has 2 N–H and O–H groups in total. The van der Waals surface area contributed by atoms with Crippen LogP contribution in [-0.4, -0.2) is 23.0 Å². The van der Waals surface area contributed by atoms with Gasteiger partial charge in [-0.1, -0.05) is 49.4 Å². The molecule has 0 aromatic heterocycles. The van der Waals surface area contributed by atoms with Crippen LogP contribution in [0.1, 0.15) is 18.9 Å². The minimum Gasteiger partial charge on any atom is -0.480 e. The van der Waals surface area contributed by atoms with Crippen LogP contribution in [0.25, 0.3) is 10.8 Å². The predicted octanol–water partition coefficient (Wildman–Crippen LogP) is 2.36. The summed E-state index contributed by atoms with van der Waals surface area (Å²) in [6, 6.07) is 12.9. The standard InChI is InChI=1S/C16H17NO3/c1-2-14(16(19)20)17-15(18)10-11-7-8-12-5-3-4-6-13(12)9-11/h3-9,14H,2,10H2,1H3,(H,17,18)(H,19,20). The number of carbonyl (C=O) groups excluding carboxylic acids is 1. The van der Waals surface area contributed by atoms with Crippen LogP contribution in [0.5, 0.6) is 0 Å². The molecule has 0 aliphatic carbocycles. The Morgan fingerprint density at radius 1 is 1.15 bits per heavy atom. The Morgan fingerprint density at radius 3 is 2.50 bits per heavy atom. The fraction of sp³-hybridized carbons (Fsp3) is 0.250. The second-order valence-electron chi connectivity index (χ2n) is 4.72. The molecule has 20 heavy (non-hydrogen) atoms. The molecule has 0 aliphatic rings. The lowest BCUT2D eigenvalue weighted by molar-refractivity contribution is -0.141. The van der Waals surface area contributed by atoms with Crippen LogP contribution in [0.3, 0.4) is 0 Å². The number of carboxylic acids is 1. The van der Waals surface area contributed by atoms with Crippen molar-refractivity contribution in [2.24, 2.45) is 0 Å². The van der Waals surface area contributed by atoms with Crippen molar-refractivity contribution in [3.8, 4) is 0 Å².